The molecule has 0 amide bonds. The van der Waals surface area contributed by atoms with Gasteiger partial charge in [0.15, 0.2) is 0 Å². The Labute approximate surface area is 91.4 Å². The van der Waals surface area contributed by atoms with E-state index < -0.39 is 0 Å². The number of aryl methyl sites for hydroxylation is 1. The zero-order valence-electron chi connectivity index (χ0n) is 9.19. The van der Waals surface area contributed by atoms with Gasteiger partial charge in [0.05, 0.1) is 6.10 Å². The number of benzene rings is 1. The Hall–Kier alpha value is -1.08. The van der Waals surface area contributed by atoms with E-state index >= 15 is 0 Å². The van der Waals surface area contributed by atoms with Crippen LogP contribution in [0.2, 0.25) is 0 Å². The molecule has 2 rings (SSSR count). The Kier molecular flexibility index (Phi) is 3.22. The van der Waals surface area contributed by atoms with Gasteiger partial charge in [-0.15, -0.1) is 0 Å². The lowest BCUT2D eigenvalue weighted by Gasteiger charge is -2.08. The second-order valence-electron chi connectivity index (χ2n) is 4.43. The monoisotopic (exact) mass is 202 g/mol. The van der Waals surface area contributed by atoms with Crippen molar-refractivity contribution in [3.8, 4) is 0 Å². The van der Waals surface area contributed by atoms with Crippen LogP contribution < -0.4 is 0 Å². The molecule has 1 aromatic rings. The maximum Gasteiger partial charge on any atom is 0.0602 e. The van der Waals surface area contributed by atoms with Gasteiger partial charge >= 0.3 is 0 Å². The summed E-state index contributed by atoms with van der Waals surface area (Å²) in [4.78, 5) is 0. The second-order valence-corrected chi connectivity index (χ2v) is 4.43. The SMILES string of the molecule is Cc1ccc(/C=C\[C@@H]2CCC[C@H]2O)cc1. The smallest absolute Gasteiger partial charge is 0.0602 e. The fourth-order valence-corrected chi connectivity index (χ4v) is 2.11. The Morgan fingerprint density at radius 3 is 2.53 bits per heavy atom. The summed E-state index contributed by atoms with van der Waals surface area (Å²) < 4.78 is 0. The quantitative estimate of drug-likeness (QED) is 0.781. The average molecular weight is 202 g/mol. The molecule has 1 aliphatic rings. The van der Waals surface area contributed by atoms with Crippen molar-refractivity contribution in [2.45, 2.75) is 32.3 Å². The van der Waals surface area contributed by atoms with E-state index in [4.69, 9.17) is 0 Å². The molecular weight excluding hydrogens is 184 g/mol. The van der Waals surface area contributed by atoms with Crippen molar-refractivity contribution < 1.29 is 5.11 Å². The molecule has 0 aliphatic heterocycles. The normalized spacial score (nSPS) is 26.3. The van der Waals surface area contributed by atoms with Crippen LogP contribution in [0.15, 0.2) is 30.3 Å². The Morgan fingerprint density at radius 2 is 1.93 bits per heavy atom. The minimum absolute atomic E-state index is 0.119. The molecule has 1 heteroatoms. The standard InChI is InChI=1S/C14H18O/c1-11-5-7-12(8-6-11)9-10-13-3-2-4-14(13)15/h5-10,13-15H,2-4H2,1H3/b10-9-/t13-,14+/m0/s1. The number of rotatable bonds is 2. The van der Waals surface area contributed by atoms with Crippen LogP contribution >= 0.6 is 0 Å². The highest BCUT2D eigenvalue weighted by Gasteiger charge is 2.22. The maximum absolute atomic E-state index is 9.66. The van der Waals surface area contributed by atoms with Crippen LogP contribution in [0.5, 0.6) is 0 Å². The Morgan fingerprint density at radius 1 is 1.20 bits per heavy atom. The third kappa shape index (κ3) is 2.69. The van der Waals surface area contributed by atoms with Crippen molar-refractivity contribution >= 4 is 6.08 Å². The molecule has 15 heavy (non-hydrogen) atoms. The molecule has 0 saturated heterocycles. The van der Waals surface area contributed by atoms with Crippen molar-refractivity contribution in [1.29, 1.82) is 0 Å². The fourth-order valence-electron chi connectivity index (χ4n) is 2.11. The lowest BCUT2D eigenvalue weighted by molar-refractivity contribution is 0.153. The van der Waals surface area contributed by atoms with Gasteiger partial charge in [0, 0.05) is 5.92 Å². The molecule has 1 fully saturated rings. The molecule has 1 aromatic carbocycles. The first-order valence-corrected chi connectivity index (χ1v) is 5.68. The van der Waals surface area contributed by atoms with Crippen molar-refractivity contribution in [3.63, 3.8) is 0 Å². The summed E-state index contributed by atoms with van der Waals surface area (Å²) in [5.74, 6) is 0.367. The van der Waals surface area contributed by atoms with Gasteiger partial charge < -0.3 is 5.11 Å². The molecule has 0 unspecified atom stereocenters. The van der Waals surface area contributed by atoms with Crippen LogP contribution in [0.25, 0.3) is 6.08 Å². The molecule has 0 bridgehead atoms. The third-order valence-corrected chi connectivity index (χ3v) is 3.14. The Bertz CT molecular complexity index is 337. The first kappa shape index (κ1) is 10.4. The summed E-state index contributed by atoms with van der Waals surface area (Å²) >= 11 is 0. The lowest BCUT2D eigenvalue weighted by Crippen LogP contribution is -2.09. The van der Waals surface area contributed by atoms with Crippen molar-refractivity contribution in [2.75, 3.05) is 0 Å². The molecule has 0 heterocycles. The minimum Gasteiger partial charge on any atom is -0.393 e. The van der Waals surface area contributed by atoms with E-state index in [1.54, 1.807) is 0 Å². The summed E-state index contributed by atoms with van der Waals surface area (Å²) in [6.07, 6.45) is 7.41. The van der Waals surface area contributed by atoms with Crippen molar-refractivity contribution in [3.05, 3.63) is 41.5 Å². The molecule has 2 atom stereocenters. The van der Waals surface area contributed by atoms with Gasteiger partial charge in [-0.25, -0.2) is 0 Å². The maximum atomic E-state index is 9.66. The third-order valence-electron chi connectivity index (χ3n) is 3.14. The number of aliphatic hydroxyl groups excluding tert-OH is 1. The van der Waals surface area contributed by atoms with Crippen LogP contribution in [0.3, 0.4) is 0 Å². The van der Waals surface area contributed by atoms with Crippen LogP contribution in [0.4, 0.5) is 0 Å². The molecule has 1 nitrogen and oxygen atoms in total. The van der Waals surface area contributed by atoms with E-state index in [1.807, 2.05) is 0 Å². The molecule has 80 valence electrons. The van der Waals surface area contributed by atoms with Gasteiger partial charge in [0.2, 0.25) is 0 Å². The summed E-state index contributed by atoms with van der Waals surface area (Å²) in [6, 6.07) is 8.47. The van der Waals surface area contributed by atoms with E-state index in [-0.39, 0.29) is 6.10 Å². The van der Waals surface area contributed by atoms with E-state index in [0.29, 0.717) is 5.92 Å². The molecule has 0 spiro atoms. The minimum atomic E-state index is -0.119. The highest BCUT2D eigenvalue weighted by Crippen LogP contribution is 2.27. The molecule has 1 N–H and O–H groups in total. The molecule has 1 saturated carbocycles. The van der Waals surface area contributed by atoms with Crippen LogP contribution in [0.1, 0.15) is 30.4 Å². The molecule has 1 aliphatic carbocycles. The second kappa shape index (κ2) is 4.63. The lowest BCUT2D eigenvalue weighted by atomic mass is 10.0. The molecule has 0 aromatic heterocycles. The average Bonchev–Trinajstić information content (AvgIpc) is 2.63. The topological polar surface area (TPSA) is 20.2 Å². The van der Waals surface area contributed by atoms with Crippen LogP contribution in [-0.4, -0.2) is 11.2 Å². The summed E-state index contributed by atoms with van der Waals surface area (Å²) in [6.45, 7) is 2.09. The zero-order valence-corrected chi connectivity index (χ0v) is 9.19. The summed E-state index contributed by atoms with van der Waals surface area (Å²) in [5, 5.41) is 9.66. The number of hydrogen-bond acceptors (Lipinski definition) is 1. The largest absolute Gasteiger partial charge is 0.393 e. The highest BCUT2D eigenvalue weighted by atomic mass is 16.3. The van der Waals surface area contributed by atoms with E-state index in [1.165, 1.54) is 11.1 Å². The zero-order chi connectivity index (χ0) is 10.7. The summed E-state index contributed by atoms with van der Waals surface area (Å²) in [5.41, 5.74) is 2.51. The predicted molar refractivity (Wildman–Crippen MR) is 63.6 cm³/mol. The van der Waals surface area contributed by atoms with Gasteiger partial charge in [-0.05, 0) is 25.3 Å². The van der Waals surface area contributed by atoms with Gasteiger partial charge in [0.25, 0.3) is 0 Å². The first-order chi connectivity index (χ1) is 7.25. The van der Waals surface area contributed by atoms with Crippen molar-refractivity contribution in [1.82, 2.24) is 0 Å². The van der Waals surface area contributed by atoms with Gasteiger partial charge in [0.1, 0.15) is 0 Å². The van der Waals surface area contributed by atoms with E-state index in [0.717, 1.165) is 19.3 Å². The summed E-state index contributed by atoms with van der Waals surface area (Å²) in [7, 11) is 0. The first-order valence-electron chi connectivity index (χ1n) is 5.68. The van der Waals surface area contributed by atoms with Crippen LogP contribution in [-0.2, 0) is 0 Å². The number of aliphatic hydroxyl groups is 1. The molecule has 0 radical (unpaired) electrons. The predicted octanol–water partition coefficient (Wildman–Crippen LogP) is 3.17. The van der Waals surface area contributed by atoms with E-state index in [2.05, 4.69) is 43.3 Å². The number of hydrogen-bond donors (Lipinski definition) is 1. The van der Waals surface area contributed by atoms with Crippen molar-refractivity contribution in [2.24, 2.45) is 5.92 Å². The van der Waals surface area contributed by atoms with Gasteiger partial charge in [-0.2, -0.15) is 0 Å². The van der Waals surface area contributed by atoms with E-state index in [9.17, 15) is 5.11 Å². The van der Waals surface area contributed by atoms with Gasteiger partial charge in [-0.1, -0.05) is 48.4 Å². The Balaban J connectivity index is 2.01. The fraction of sp³-hybridized carbons (Fsp3) is 0.429. The van der Waals surface area contributed by atoms with Gasteiger partial charge in [-0.3, -0.25) is 0 Å². The molecular formula is C14H18O. The van der Waals surface area contributed by atoms with Crippen LogP contribution in [0, 0.1) is 12.8 Å². The highest BCUT2D eigenvalue weighted by molar-refractivity contribution is 5.50.